The minimum Gasteiger partial charge on any atom is -0.481 e. The lowest BCUT2D eigenvalue weighted by Crippen LogP contribution is -2.32. The highest BCUT2D eigenvalue weighted by Crippen LogP contribution is 2.40. The Bertz CT molecular complexity index is 332. The molecule has 1 heterocycles. The van der Waals surface area contributed by atoms with Crippen LogP contribution in [0.4, 0.5) is 0 Å². The van der Waals surface area contributed by atoms with Crippen LogP contribution in [0.5, 0.6) is 5.88 Å². The zero-order valence-electron chi connectivity index (χ0n) is 9.20. The highest BCUT2D eigenvalue weighted by atomic mass is 16.5. The third-order valence-electron chi connectivity index (χ3n) is 3.51. The zero-order chi connectivity index (χ0) is 10.7. The van der Waals surface area contributed by atoms with Crippen molar-refractivity contribution in [1.29, 1.82) is 0 Å². The molecule has 1 aromatic heterocycles. The van der Waals surface area contributed by atoms with Crippen LogP contribution < -0.4 is 10.5 Å². The van der Waals surface area contributed by atoms with Gasteiger partial charge in [-0.3, -0.25) is 0 Å². The molecule has 3 heteroatoms. The SMILES string of the molecule is COc1cc(C2(CN)CCCC2)ccn1. The monoisotopic (exact) mass is 206 g/mol. The molecule has 1 fully saturated rings. The maximum Gasteiger partial charge on any atom is 0.213 e. The van der Waals surface area contributed by atoms with Gasteiger partial charge in [0, 0.05) is 24.2 Å². The topological polar surface area (TPSA) is 48.1 Å². The van der Waals surface area contributed by atoms with Gasteiger partial charge in [-0.15, -0.1) is 0 Å². The van der Waals surface area contributed by atoms with Crippen molar-refractivity contribution in [2.45, 2.75) is 31.1 Å². The van der Waals surface area contributed by atoms with Gasteiger partial charge in [0.2, 0.25) is 5.88 Å². The molecule has 1 aliphatic rings. The van der Waals surface area contributed by atoms with Crippen molar-refractivity contribution < 1.29 is 4.74 Å². The molecule has 1 aliphatic carbocycles. The molecule has 0 spiro atoms. The lowest BCUT2D eigenvalue weighted by molar-refractivity contribution is 0.391. The first-order valence-corrected chi connectivity index (χ1v) is 5.51. The van der Waals surface area contributed by atoms with Crippen molar-refractivity contribution >= 4 is 0 Å². The Morgan fingerprint density at radius 2 is 2.20 bits per heavy atom. The number of methoxy groups -OCH3 is 1. The molecule has 0 saturated heterocycles. The average Bonchev–Trinajstić information content (AvgIpc) is 2.79. The fourth-order valence-electron chi connectivity index (χ4n) is 2.51. The van der Waals surface area contributed by atoms with Crippen LogP contribution in [0.25, 0.3) is 0 Å². The second-order valence-electron chi connectivity index (χ2n) is 4.28. The number of hydrogen-bond acceptors (Lipinski definition) is 3. The first-order valence-electron chi connectivity index (χ1n) is 5.51. The van der Waals surface area contributed by atoms with Crippen LogP contribution in [0.3, 0.4) is 0 Å². The summed E-state index contributed by atoms with van der Waals surface area (Å²) >= 11 is 0. The van der Waals surface area contributed by atoms with E-state index in [0.29, 0.717) is 5.88 Å². The molecule has 3 nitrogen and oxygen atoms in total. The summed E-state index contributed by atoms with van der Waals surface area (Å²) in [5.74, 6) is 0.687. The summed E-state index contributed by atoms with van der Waals surface area (Å²) in [6, 6.07) is 4.10. The number of pyridine rings is 1. The van der Waals surface area contributed by atoms with E-state index in [1.54, 1.807) is 7.11 Å². The van der Waals surface area contributed by atoms with Crippen LogP contribution in [0, 0.1) is 0 Å². The lowest BCUT2D eigenvalue weighted by atomic mass is 9.79. The van der Waals surface area contributed by atoms with E-state index in [4.69, 9.17) is 10.5 Å². The van der Waals surface area contributed by atoms with Gasteiger partial charge in [-0.25, -0.2) is 4.98 Å². The largest absolute Gasteiger partial charge is 0.481 e. The maximum absolute atomic E-state index is 5.93. The molecule has 15 heavy (non-hydrogen) atoms. The van der Waals surface area contributed by atoms with E-state index >= 15 is 0 Å². The third-order valence-corrected chi connectivity index (χ3v) is 3.51. The molecule has 1 aromatic rings. The number of rotatable bonds is 3. The average molecular weight is 206 g/mol. The molecule has 0 atom stereocenters. The van der Waals surface area contributed by atoms with E-state index in [2.05, 4.69) is 11.1 Å². The number of aromatic nitrogens is 1. The van der Waals surface area contributed by atoms with Gasteiger partial charge in [0.1, 0.15) is 0 Å². The number of nitrogens with two attached hydrogens (primary N) is 1. The number of nitrogens with zero attached hydrogens (tertiary/aromatic N) is 1. The van der Waals surface area contributed by atoms with E-state index in [-0.39, 0.29) is 5.41 Å². The smallest absolute Gasteiger partial charge is 0.213 e. The van der Waals surface area contributed by atoms with Crippen LogP contribution >= 0.6 is 0 Å². The molecule has 0 aliphatic heterocycles. The number of ether oxygens (including phenoxy) is 1. The quantitative estimate of drug-likeness (QED) is 0.821. The van der Waals surface area contributed by atoms with Gasteiger partial charge in [0.15, 0.2) is 0 Å². The summed E-state index contributed by atoms with van der Waals surface area (Å²) in [7, 11) is 1.65. The molecule has 82 valence electrons. The van der Waals surface area contributed by atoms with Crippen LogP contribution in [0.1, 0.15) is 31.2 Å². The van der Waals surface area contributed by atoms with E-state index < -0.39 is 0 Å². The Balaban J connectivity index is 2.33. The van der Waals surface area contributed by atoms with E-state index in [0.717, 1.165) is 6.54 Å². The van der Waals surface area contributed by atoms with Gasteiger partial charge < -0.3 is 10.5 Å². The van der Waals surface area contributed by atoms with Crippen LogP contribution in [0.15, 0.2) is 18.3 Å². The second kappa shape index (κ2) is 4.19. The van der Waals surface area contributed by atoms with Crippen molar-refractivity contribution in [2.24, 2.45) is 5.73 Å². The molecule has 2 rings (SSSR count). The van der Waals surface area contributed by atoms with Gasteiger partial charge in [-0.05, 0) is 24.5 Å². The van der Waals surface area contributed by atoms with Crippen LogP contribution in [-0.4, -0.2) is 18.6 Å². The van der Waals surface area contributed by atoms with Gasteiger partial charge in [0.25, 0.3) is 0 Å². The predicted octanol–water partition coefficient (Wildman–Crippen LogP) is 1.86. The molecule has 2 N–H and O–H groups in total. The summed E-state index contributed by atoms with van der Waals surface area (Å²) in [5, 5.41) is 0. The summed E-state index contributed by atoms with van der Waals surface area (Å²) in [6.45, 7) is 0.722. The number of hydrogen-bond donors (Lipinski definition) is 1. The highest BCUT2D eigenvalue weighted by molar-refractivity contribution is 5.30. The van der Waals surface area contributed by atoms with E-state index in [1.165, 1.54) is 31.2 Å². The van der Waals surface area contributed by atoms with E-state index in [9.17, 15) is 0 Å². The molecule has 0 aromatic carbocycles. The molecule has 1 saturated carbocycles. The van der Waals surface area contributed by atoms with Gasteiger partial charge in [0.05, 0.1) is 7.11 Å². The van der Waals surface area contributed by atoms with Crippen molar-refractivity contribution in [3.05, 3.63) is 23.9 Å². The lowest BCUT2D eigenvalue weighted by Gasteiger charge is -2.27. The summed E-state index contributed by atoms with van der Waals surface area (Å²) in [5.41, 5.74) is 7.39. The Morgan fingerprint density at radius 3 is 2.80 bits per heavy atom. The second-order valence-corrected chi connectivity index (χ2v) is 4.28. The highest BCUT2D eigenvalue weighted by Gasteiger charge is 2.34. The van der Waals surface area contributed by atoms with Crippen molar-refractivity contribution in [3.8, 4) is 5.88 Å². The third kappa shape index (κ3) is 1.84. The molecule has 0 amide bonds. The fraction of sp³-hybridized carbons (Fsp3) is 0.583. The van der Waals surface area contributed by atoms with Crippen LogP contribution in [0.2, 0.25) is 0 Å². The summed E-state index contributed by atoms with van der Waals surface area (Å²) in [4.78, 5) is 4.13. The first-order chi connectivity index (χ1) is 7.30. The Kier molecular flexibility index (Phi) is 2.91. The minimum atomic E-state index is 0.177. The molecular formula is C12H18N2O. The Labute approximate surface area is 90.7 Å². The molecule has 0 radical (unpaired) electrons. The Morgan fingerprint density at radius 1 is 1.47 bits per heavy atom. The van der Waals surface area contributed by atoms with Crippen molar-refractivity contribution in [1.82, 2.24) is 4.98 Å². The zero-order valence-corrected chi connectivity index (χ0v) is 9.20. The summed E-state index contributed by atoms with van der Waals surface area (Å²) in [6.07, 6.45) is 6.75. The maximum atomic E-state index is 5.93. The Hall–Kier alpha value is -1.09. The van der Waals surface area contributed by atoms with Crippen molar-refractivity contribution in [3.63, 3.8) is 0 Å². The molecule has 0 bridgehead atoms. The normalized spacial score (nSPS) is 19.1. The fourth-order valence-corrected chi connectivity index (χ4v) is 2.51. The van der Waals surface area contributed by atoms with Gasteiger partial charge in [-0.2, -0.15) is 0 Å². The van der Waals surface area contributed by atoms with Gasteiger partial charge in [-0.1, -0.05) is 12.8 Å². The predicted molar refractivity (Wildman–Crippen MR) is 60.0 cm³/mol. The van der Waals surface area contributed by atoms with Crippen molar-refractivity contribution in [2.75, 3.05) is 13.7 Å². The summed E-state index contributed by atoms with van der Waals surface area (Å²) < 4.78 is 5.15. The standard InChI is InChI=1S/C12H18N2O/c1-15-11-8-10(4-7-14-11)12(9-13)5-2-3-6-12/h4,7-8H,2-3,5-6,9,13H2,1H3. The van der Waals surface area contributed by atoms with E-state index in [1.807, 2.05) is 12.3 Å². The van der Waals surface area contributed by atoms with Gasteiger partial charge >= 0.3 is 0 Å². The molecular weight excluding hydrogens is 188 g/mol. The minimum absolute atomic E-state index is 0.177. The first kappa shape index (κ1) is 10.4. The molecule has 0 unspecified atom stereocenters. The van der Waals surface area contributed by atoms with Crippen LogP contribution in [-0.2, 0) is 5.41 Å².